The van der Waals surface area contributed by atoms with E-state index in [9.17, 15) is 0 Å². The molecule has 3 rings (SSSR count). The van der Waals surface area contributed by atoms with E-state index in [1.54, 1.807) is 0 Å². The van der Waals surface area contributed by atoms with Gasteiger partial charge in [0, 0.05) is 17.7 Å². The molecule has 0 saturated carbocycles. The zero-order valence-corrected chi connectivity index (χ0v) is 12.7. The van der Waals surface area contributed by atoms with Crippen LogP contribution < -0.4 is 15.4 Å². The van der Waals surface area contributed by atoms with Crippen molar-refractivity contribution in [2.24, 2.45) is 0 Å². The second-order valence-corrected chi connectivity index (χ2v) is 5.60. The van der Waals surface area contributed by atoms with E-state index in [-0.39, 0.29) is 6.04 Å². The summed E-state index contributed by atoms with van der Waals surface area (Å²) in [7, 11) is 0. The molecule has 4 heteroatoms. The Balaban J connectivity index is 1.67. The predicted octanol–water partition coefficient (Wildman–Crippen LogP) is 3.81. The Hall–Kier alpha value is -2.07. The predicted molar refractivity (Wildman–Crippen MR) is 89.8 cm³/mol. The molecule has 0 bridgehead atoms. The van der Waals surface area contributed by atoms with E-state index in [1.165, 1.54) is 5.56 Å². The van der Waals surface area contributed by atoms with Gasteiger partial charge in [-0.25, -0.2) is 0 Å². The molecule has 0 unspecified atom stereocenters. The van der Waals surface area contributed by atoms with Gasteiger partial charge in [-0.3, -0.25) is 0 Å². The lowest BCUT2D eigenvalue weighted by atomic mass is 10.0. The van der Waals surface area contributed by atoms with E-state index in [2.05, 4.69) is 35.8 Å². The highest BCUT2D eigenvalue weighted by atomic mass is 32.1. The van der Waals surface area contributed by atoms with Crippen LogP contribution in [-0.4, -0.2) is 11.7 Å². The second-order valence-electron chi connectivity index (χ2n) is 5.19. The van der Waals surface area contributed by atoms with Crippen LogP contribution in [-0.2, 0) is 0 Å². The van der Waals surface area contributed by atoms with Crippen molar-refractivity contribution in [3.05, 3.63) is 59.7 Å². The number of ether oxygens (including phenoxy) is 1. The number of fused-ring (bicyclic) bond motifs is 1. The molecule has 2 aromatic rings. The van der Waals surface area contributed by atoms with Gasteiger partial charge in [-0.15, -0.1) is 0 Å². The number of hydrogen-bond donors (Lipinski definition) is 2. The Morgan fingerprint density at radius 3 is 2.71 bits per heavy atom. The third-order valence-electron chi connectivity index (χ3n) is 3.57. The lowest BCUT2D eigenvalue weighted by molar-refractivity contribution is 0.262. The van der Waals surface area contributed by atoms with Gasteiger partial charge >= 0.3 is 0 Å². The minimum atomic E-state index is 0.195. The van der Waals surface area contributed by atoms with E-state index < -0.39 is 0 Å². The van der Waals surface area contributed by atoms with E-state index in [4.69, 9.17) is 17.0 Å². The van der Waals surface area contributed by atoms with Crippen molar-refractivity contribution in [2.45, 2.75) is 19.4 Å². The zero-order chi connectivity index (χ0) is 14.7. The molecular weight excluding hydrogens is 280 g/mol. The maximum atomic E-state index is 5.66. The summed E-state index contributed by atoms with van der Waals surface area (Å²) in [6.07, 6.45) is 0.909. The first-order valence-electron chi connectivity index (χ1n) is 7.08. The summed E-state index contributed by atoms with van der Waals surface area (Å²) >= 11 is 5.42. The highest BCUT2D eigenvalue weighted by Gasteiger charge is 2.21. The molecule has 1 heterocycles. The number of benzene rings is 2. The van der Waals surface area contributed by atoms with Crippen LogP contribution in [0.4, 0.5) is 5.69 Å². The van der Waals surface area contributed by atoms with E-state index in [0.717, 1.165) is 23.4 Å². The fraction of sp³-hybridized carbons (Fsp3) is 0.235. The summed E-state index contributed by atoms with van der Waals surface area (Å²) in [4.78, 5) is 0. The average Bonchev–Trinajstić information content (AvgIpc) is 2.50. The van der Waals surface area contributed by atoms with Crippen LogP contribution in [0.2, 0.25) is 0 Å². The normalized spacial score (nSPS) is 16.5. The number of anilines is 1. The summed E-state index contributed by atoms with van der Waals surface area (Å²) in [6.45, 7) is 2.78. The summed E-state index contributed by atoms with van der Waals surface area (Å²) in [5.74, 6) is 0.944. The number of rotatable bonds is 2. The van der Waals surface area contributed by atoms with Crippen molar-refractivity contribution >= 4 is 23.0 Å². The highest BCUT2D eigenvalue weighted by molar-refractivity contribution is 7.80. The van der Waals surface area contributed by atoms with Crippen LogP contribution in [0, 0.1) is 6.92 Å². The first kappa shape index (κ1) is 13.9. The quantitative estimate of drug-likeness (QED) is 0.826. The first-order chi connectivity index (χ1) is 10.2. The maximum absolute atomic E-state index is 5.66. The summed E-state index contributed by atoms with van der Waals surface area (Å²) in [6, 6.07) is 16.5. The summed E-state index contributed by atoms with van der Waals surface area (Å²) in [5.41, 5.74) is 3.40. The number of thiocarbonyl (C=S) groups is 1. The third kappa shape index (κ3) is 3.34. The summed E-state index contributed by atoms with van der Waals surface area (Å²) < 4.78 is 5.66. The lowest BCUT2D eigenvalue weighted by Gasteiger charge is -2.27. The highest BCUT2D eigenvalue weighted by Crippen LogP contribution is 2.31. The van der Waals surface area contributed by atoms with Crippen molar-refractivity contribution in [3.63, 3.8) is 0 Å². The van der Waals surface area contributed by atoms with Gasteiger partial charge < -0.3 is 15.4 Å². The van der Waals surface area contributed by atoms with Crippen molar-refractivity contribution < 1.29 is 4.74 Å². The van der Waals surface area contributed by atoms with Crippen LogP contribution in [0.3, 0.4) is 0 Å². The molecule has 0 radical (unpaired) electrons. The van der Waals surface area contributed by atoms with Crippen molar-refractivity contribution in [1.29, 1.82) is 0 Å². The molecule has 0 fully saturated rings. The Labute approximate surface area is 130 Å². The van der Waals surface area contributed by atoms with E-state index in [1.807, 2.05) is 30.3 Å². The summed E-state index contributed by atoms with van der Waals surface area (Å²) in [5, 5.41) is 7.24. The standard InChI is InChI=1S/C17H18N2OS/c1-12-6-8-13(9-7-12)18-17(21)19-15-10-11-20-16-5-3-2-4-14(15)16/h2-9,15H,10-11H2,1H3,(H2,18,19,21)/t15-/m0/s1. The first-order valence-corrected chi connectivity index (χ1v) is 7.49. The van der Waals surface area contributed by atoms with E-state index in [0.29, 0.717) is 11.7 Å². The van der Waals surface area contributed by atoms with Gasteiger partial charge in [0.1, 0.15) is 5.75 Å². The molecule has 0 amide bonds. The molecule has 1 aliphatic heterocycles. The van der Waals surface area contributed by atoms with Crippen LogP contribution in [0.1, 0.15) is 23.6 Å². The average molecular weight is 298 g/mol. The maximum Gasteiger partial charge on any atom is 0.171 e. The van der Waals surface area contributed by atoms with Crippen LogP contribution in [0.5, 0.6) is 5.75 Å². The fourth-order valence-electron chi connectivity index (χ4n) is 2.45. The second kappa shape index (κ2) is 6.14. The zero-order valence-electron chi connectivity index (χ0n) is 11.9. The molecule has 2 N–H and O–H groups in total. The monoisotopic (exact) mass is 298 g/mol. The van der Waals surface area contributed by atoms with Crippen LogP contribution in [0.25, 0.3) is 0 Å². The molecule has 3 nitrogen and oxygen atoms in total. The molecule has 0 saturated heterocycles. The van der Waals surface area contributed by atoms with Crippen molar-refractivity contribution in [2.75, 3.05) is 11.9 Å². The largest absolute Gasteiger partial charge is 0.493 e. The molecule has 21 heavy (non-hydrogen) atoms. The topological polar surface area (TPSA) is 33.3 Å². The molecule has 1 atom stereocenters. The van der Waals surface area contributed by atoms with Gasteiger partial charge in [-0.05, 0) is 37.3 Å². The molecular formula is C17H18N2OS. The molecule has 0 aromatic heterocycles. The van der Waals surface area contributed by atoms with Crippen LogP contribution in [0.15, 0.2) is 48.5 Å². The Morgan fingerprint density at radius 1 is 1.14 bits per heavy atom. The van der Waals surface area contributed by atoms with Gasteiger partial charge in [0.15, 0.2) is 5.11 Å². The Morgan fingerprint density at radius 2 is 1.90 bits per heavy atom. The van der Waals surface area contributed by atoms with Gasteiger partial charge in [0.05, 0.1) is 12.6 Å². The number of para-hydroxylation sites is 1. The molecule has 0 spiro atoms. The smallest absolute Gasteiger partial charge is 0.171 e. The SMILES string of the molecule is Cc1ccc(NC(=S)N[C@H]2CCOc3ccccc32)cc1. The molecule has 0 aliphatic carbocycles. The van der Waals surface area contributed by atoms with Crippen LogP contribution >= 0.6 is 12.2 Å². The number of nitrogens with one attached hydrogen (secondary N) is 2. The van der Waals surface area contributed by atoms with Gasteiger partial charge in [-0.2, -0.15) is 0 Å². The van der Waals surface area contributed by atoms with Gasteiger partial charge in [0.2, 0.25) is 0 Å². The Bertz CT molecular complexity index is 639. The molecule has 108 valence electrons. The lowest BCUT2D eigenvalue weighted by Crippen LogP contribution is -2.35. The van der Waals surface area contributed by atoms with E-state index >= 15 is 0 Å². The third-order valence-corrected chi connectivity index (χ3v) is 3.79. The minimum Gasteiger partial charge on any atom is -0.493 e. The van der Waals surface area contributed by atoms with Gasteiger partial charge in [-0.1, -0.05) is 35.9 Å². The van der Waals surface area contributed by atoms with Gasteiger partial charge in [0.25, 0.3) is 0 Å². The Kier molecular flexibility index (Phi) is 4.06. The molecule has 1 aliphatic rings. The molecule has 2 aromatic carbocycles. The number of hydrogen-bond acceptors (Lipinski definition) is 2. The van der Waals surface area contributed by atoms with Crippen molar-refractivity contribution in [3.8, 4) is 5.75 Å². The van der Waals surface area contributed by atoms with Crippen molar-refractivity contribution in [1.82, 2.24) is 5.32 Å². The minimum absolute atomic E-state index is 0.195. The number of aryl methyl sites for hydroxylation is 1. The fourth-order valence-corrected chi connectivity index (χ4v) is 2.71.